The molecular weight excluding hydrogens is 324 g/mol. The highest BCUT2D eigenvalue weighted by molar-refractivity contribution is 9.10. The van der Waals surface area contributed by atoms with Gasteiger partial charge in [0.1, 0.15) is 0 Å². The first-order valence-electron chi connectivity index (χ1n) is 6.34. The summed E-state index contributed by atoms with van der Waals surface area (Å²) >= 11 is 3.39. The van der Waals surface area contributed by atoms with Crippen LogP contribution in [0.3, 0.4) is 0 Å². The van der Waals surface area contributed by atoms with E-state index >= 15 is 0 Å². The maximum atomic E-state index is 11.9. The monoisotopic (exact) mass is 342 g/mol. The van der Waals surface area contributed by atoms with E-state index in [4.69, 9.17) is 4.74 Å². The molecule has 2 amide bonds. The lowest BCUT2D eigenvalue weighted by Crippen LogP contribution is -2.32. The van der Waals surface area contributed by atoms with Crippen molar-refractivity contribution < 1.29 is 14.3 Å². The van der Waals surface area contributed by atoms with Gasteiger partial charge in [0.15, 0.2) is 0 Å². The van der Waals surface area contributed by atoms with Crippen LogP contribution < -0.4 is 10.6 Å². The fourth-order valence-electron chi connectivity index (χ4n) is 1.56. The first kappa shape index (κ1) is 16.7. The maximum absolute atomic E-state index is 11.9. The largest absolute Gasteiger partial charge is 0.383 e. The number of rotatable bonds is 7. The zero-order valence-electron chi connectivity index (χ0n) is 11.7. The Balaban J connectivity index is 2.32. The van der Waals surface area contributed by atoms with Gasteiger partial charge in [0, 0.05) is 36.7 Å². The fraction of sp³-hybridized carbons (Fsp3) is 0.429. The van der Waals surface area contributed by atoms with Crippen LogP contribution in [0, 0.1) is 6.92 Å². The number of amides is 2. The van der Waals surface area contributed by atoms with Gasteiger partial charge in [-0.15, -0.1) is 0 Å². The Hall–Kier alpha value is -1.40. The second kappa shape index (κ2) is 8.71. The van der Waals surface area contributed by atoms with Gasteiger partial charge in [-0.05, 0) is 30.7 Å². The maximum Gasteiger partial charge on any atom is 0.251 e. The van der Waals surface area contributed by atoms with E-state index in [2.05, 4.69) is 26.6 Å². The quantitative estimate of drug-likeness (QED) is 0.740. The molecule has 0 aliphatic heterocycles. The van der Waals surface area contributed by atoms with E-state index in [1.54, 1.807) is 19.2 Å². The van der Waals surface area contributed by atoms with Crippen LogP contribution in [0.15, 0.2) is 22.7 Å². The van der Waals surface area contributed by atoms with Crippen molar-refractivity contribution in [2.45, 2.75) is 13.3 Å². The summed E-state index contributed by atoms with van der Waals surface area (Å²) in [5, 5.41) is 5.41. The number of aryl methyl sites for hydroxylation is 1. The van der Waals surface area contributed by atoms with Gasteiger partial charge in [0.05, 0.1) is 6.61 Å². The van der Waals surface area contributed by atoms with Crippen molar-refractivity contribution >= 4 is 27.7 Å². The van der Waals surface area contributed by atoms with Crippen molar-refractivity contribution in [3.05, 3.63) is 33.8 Å². The van der Waals surface area contributed by atoms with E-state index in [-0.39, 0.29) is 18.2 Å². The predicted octanol–water partition coefficient (Wildman–Crippen LogP) is 1.64. The average molecular weight is 343 g/mol. The van der Waals surface area contributed by atoms with Crippen LogP contribution >= 0.6 is 15.9 Å². The first-order chi connectivity index (χ1) is 9.54. The molecule has 1 rings (SSSR count). The molecule has 1 aromatic carbocycles. The molecule has 0 atom stereocenters. The van der Waals surface area contributed by atoms with Gasteiger partial charge in [-0.2, -0.15) is 0 Å². The Morgan fingerprint density at radius 3 is 2.65 bits per heavy atom. The number of benzene rings is 1. The molecule has 6 heteroatoms. The third-order valence-electron chi connectivity index (χ3n) is 2.69. The molecule has 0 aliphatic rings. The highest BCUT2D eigenvalue weighted by atomic mass is 79.9. The normalized spacial score (nSPS) is 10.2. The molecule has 2 N–H and O–H groups in total. The SMILES string of the molecule is COCCNC(=O)CCNC(=O)c1ccc(Br)c(C)c1. The van der Waals surface area contributed by atoms with Crippen LogP contribution in [0.4, 0.5) is 0 Å². The Bertz CT molecular complexity index is 477. The molecule has 0 saturated carbocycles. The minimum absolute atomic E-state index is 0.102. The summed E-state index contributed by atoms with van der Waals surface area (Å²) in [4.78, 5) is 23.3. The number of carbonyl (C=O) groups is 2. The molecule has 0 bridgehead atoms. The van der Waals surface area contributed by atoms with E-state index in [0.29, 0.717) is 25.3 Å². The molecule has 0 radical (unpaired) electrons. The molecule has 0 aromatic heterocycles. The van der Waals surface area contributed by atoms with Gasteiger partial charge in [-0.3, -0.25) is 9.59 Å². The van der Waals surface area contributed by atoms with E-state index in [9.17, 15) is 9.59 Å². The van der Waals surface area contributed by atoms with Crippen molar-refractivity contribution in [3.63, 3.8) is 0 Å². The Labute approximate surface area is 127 Å². The average Bonchev–Trinajstić information content (AvgIpc) is 2.42. The molecular formula is C14H19BrN2O3. The number of nitrogens with one attached hydrogen (secondary N) is 2. The summed E-state index contributed by atoms with van der Waals surface area (Å²) in [6.45, 7) is 3.20. The molecule has 20 heavy (non-hydrogen) atoms. The summed E-state index contributed by atoms with van der Waals surface area (Å²) in [7, 11) is 1.58. The van der Waals surface area contributed by atoms with Crippen LogP contribution in [-0.2, 0) is 9.53 Å². The highest BCUT2D eigenvalue weighted by Gasteiger charge is 2.07. The lowest BCUT2D eigenvalue weighted by atomic mass is 10.1. The van der Waals surface area contributed by atoms with Gasteiger partial charge in [0.2, 0.25) is 5.91 Å². The van der Waals surface area contributed by atoms with E-state index in [1.165, 1.54) is 0 Å². The molecule has 0 aliphatic carbocycles. The van der Waals surface area contributed by atoms with Crippen LogP contribution in [0.1, 0.15) is 22.3 Å². The van der Waals surface area contributed by atoms with Gasteiger partial charge in [0.25, 0.3) is 5.91 Å². The van der Waals surface area contributed by atoms with Crippen LogP contribution in [0.25, 0.3) is 0 Å². The molecule has 0 fully saturated rings. The van der Waals surface area contributed by atoms with Gasteiger partial charge < -0.3 is 15.4 Å². The van der Waals surface area contributed by atoms with Crippen LogP contribution in [0.5, 0.6) is 0 Å². The second-order valence-corrected chi connectivity index (χ2v) is 5.17. The summed E-state index contributed by atoms with van der Waals surface area (Å²) in [6, 6.07) is 5.38. The van der Waals surface area contributed by atoms with Gasteiger partial charge in [-0.1, -0.05) is 15.9 Å². The van der Waals surface area contributed by atoms with Gasteiger partial charge >= 0.3 is 0 Å². The lowest BCUT2D eigenvalue weighted by Gasteiger charge is -2.07. The van der Waals surface area contributed by atoms with Crippen molar-refractivity contribution in [1.29, 1.82) is 0 Å². The number of methoxy groups -OCH3 is 1. The Morgan fingerprint density at radius 2 is 2.00 bits per heavy atom. The van der Waals surface area contributed by atoms with E-state index in [1.807, 2.05) is 13.0 Å². The van der Waals surface area contributed by atoms with E-state index in [0.717, 1.165) is 10.0 Å². The van der Waals surface area contributed by atoms with Crippen molar-refractivity contribution in [2.24, 2.45) is 0 Å². The summed E-state index contributed by atoms with van der Waals surface area (Å²) in [5.74, 6) is -0.278. The van der Waals surface area contributed by atoms with Crippen molar-refractivity contribution in [2.75, 3.05) is 26.8 Å². The smallest absolute Gasteiger partial charge is 0.251 e. The summed E-state index contributed by atoms with van der Waals surface area (Å²) in [5.41, 5.74) is 1.58. The minimum atomic E-state index is -0.176. The van der Waals surface area contributed by atoms with Crippen LogP contribution in [-0.4, -0.2) is 38.6 Å². The topological polar surface area (TPSA) is 67.4 Å². The fourth-order valence-corrected chi connectivity index (χ4v) is 1.81. The molecule has 0 unspecified atom stereocenters. The lowest BCUT2D eigenvalue weighted by molar-refractivity contribution is -0.121. The van der Waals surface area contributed by atoms with Crippen molar-refractivity contribution in [3.8, 4) is 0 Å². The van der Waals surface area contributed by atoms with Crippen molar-refractivity contribution in [1.82, 2.24) is 10.6 Å². The third-order valence-corrected chi connectivity index (χ3v) is 3.58. The summed E-state index contributed by atoms with van der Waals surface area (Å²) in [6.07, 6.45) is 0.255. The minimum Gasteiger partial charge on any atom is -0.383 e. The van der Waals surface area contributed by atoms with Gasteiger partial charge in [-0.25, -0.2) is 0 Å². The first-order valence-corrected chi connectivity index (χ1v) is 7.14. The molecule has 5 nitrogen and oxygen atoms in total. The number of ether oxygens (including phenoxy) is 1. The number of halogens is 1. The molecule has 0 saturated heterocycles. The zero-order chi connectivity index (χ0) is 15.0. The number of hydrogen-bond acceptors (Lipinski definition) is 3. The summed E-state index contributed by atoms with van der Waals surface area (Å²) < 4.78 is 5.79. The van der Waals surface area contributed by atoms with Crippen LogP contribution in [0.2, 0.25) is 0 Å². The standard InChI is InChI=1S/C14H19BrN2O3/c1-10-9-11(3-4-12(10)15)14(19)17-6-5-13(18)16-7-8-20-2/h3-4,9H,5-8H2,1-2H3,(H,16,18)(H,17,19). The number of carbonyl (C=O) groups excluding carboxylic acids is 2. The molecule has 0 heterocycles. The molecule has 110 valence electrons. The Morgan fingerprint density at radius 1 is 1.25 bits per heavy atom. The zero-order valence-corrected chi connectivity index (χ0v) is 13.2. The molecule has 1 aromatic rings. The number of hydrogen-bond donors (Lipinski definition) is 2. The predicted molar refractivity (Wildman–Crippen MR) is 80.7 cm³/mol. The molecule has 0 spiro atoms. The second-order valence-electron chi connectivity index (χ2n) is 4.31. The highest BCUT2D eigenvalue weighted by Crippen LogP contribution is 2.16. The third kappa shape index (κ3) is 5.71. The Kier molecular flexibility index (Phi) is 7.25. The van der Waals surface area contributed by atoms with E-state index < -0.39 is 0 Å².